The second-order valence-electron chi connectivity index (χ2n) is 8.07. The van der Waals surface area contributed by atoms with Crippen molar-refractivity contribution < 1.29 is 19.1 Å². The summed E-state index contributed by atoms with van der Waals surface area (Å²) >= 11 is 0. The summed E-state index contributed by atoms with van der Waals surface area (Å²) in [5, 5.41) is 2.88. The number of anilines is 1. The molecular weight excluding hydrogens is 418 g/mol. The third-order valence-corrected chi connectivity index (χ3v) is 5.75. The molecule has 0 radical (unpaired) electrons. The highest BCUT2D eigenvalue weighted by molar-refractivity contribution is 5.91. The lowest BCUT2D eigenvalue weighted by Gasteiger charge is -2.36. The fraction of sp³-hybridized carbons (Fsp3) is 0.269. The number of carbonyl (C=O) groups is 2. The Morgan fingerprint density at radius 1 is 1.12 bits per heavy atom. The first-order valence-corrected chi connectivity index (χ1v) is 10.9. The van der Waals surface area contributed by atoms with Crippen LogP contribution in [-0.2, 0) is 16.0 Å². The van der Waals surface area contributed by atoms with E-state index in [9.17, 15) is 9.59 Å². The van der Waals surface area contributed by atoms with E-state index >= 15 is 0 Å². The van der Waals surface area contributed by atoms with Crippen LogP contribution in [0.1, 0.15) is 36.1 Å². The zero-order valence-corrected chi connectivity index (χ0v) is 19.0. The number of fused-ring (bicyclic) bond motifs is 1. The van der Waals surface area contributed by atoms with Gasteiger partial charge in [-0.1, -0.05) is 30.3 Å². The Morgan fingerprint density at radius 3 is 2.67 bits per heavy atom. The highest BCUT2D eigenvalue weighted by Gasteiger charge is 2.30. The summed E-state index contributed by atoms with van der Waals surface area (Å²) in [7, 11) is 1.59. The first-order chi connectivity index (χ1) is 15.9. The lowest BCUT2D eigenvalue weighted by Crippen LogP contribution is -2.40. The number of benzene rings is 2. The van der Waals surface area contributed by atoms with Gasteiger partial charge in [-0.05, 0) is 48.2 Å². The van der Waals surface area contributed by atoms with Gasteiger partial charge in [-0.15, -0.1) is 0 Å². The summed E-state index contributed by atoms with van der Waals surface area (Å²) in [4.78, 5) is 31.1. The van der Waals surface area contributed by atoms with E-state index in [1.165, 1.54) is 5.56 Å². The molecule has 7 nitrogen and oxygen atoms in total. The third kappa shape index (κ3) is 5.14. The molecule has 2 amide bonds. The third-order valence-electron chi connectivity index (χ3n) is 5.75. The van der Waals surface area contributed by atoms with Gasteiger partial charge < -0.3 is 19.7 Å². The highest BCUT2D eigenvalue weighted by Crippen LogP contribution is 2.33. The quantitative estimate of drug-likeness (QED) is 0.597. The van der Waals surface area contributed by atoms with Crippen molar-refractivity contribution in [3.05, 3.63) is 77.5 Å². The first kappa shape index (κ1) is 22.3. The molecule has 4 rings (SSSR count). The van der Waals surface area contributed by atoms with Crippen LogP contribution in [0.15, 0.2) is 60.8 Å². The SMILES string of the molecule is COc1cc(C)ccc1Oc1ccc(NC(=O)CC2c3ccccc3CCN2C(C)=O)cn1. The Kier molecular flexibility index (Phi) is 6.58. The molecule has 1 aliphatic heterocycles. The Labute approximate surface area is 193 Å². The van der Waals surface area contributed by atoms with Gasteiger partial charge in [0.2, 0.25) is 17.7 Å². The minimum Gasteiger partial charge on any atom is -0.493 e. The number of ether oxygens (including phenoxy) is 2. The van der Waals surface area contributed by atoms with Gasteiger partial charge in [0.25, 0.3) is 0 Å². The number of carbonyl (C=O) groups excluding carboxylic acids is 2. The van der Waals surface area contributed by atoms with E-state index in [1.54, 1.807) is 37.3 Å². The lowest BCUT2D eigenvalue weighted by molar-refractivity contribution is -0.132. The van der Waals surface area contributed by atoms with Crippen LogP contribution in [0.25, 0.3) is 0 Å². The van der Waals surface area contributed by atoms with Crippen molar-refractivity contribution in [2.75, 3.05) is 19.0 Å². The molecule has 1 atom stereocenters. The number of hydrogen-bond acceptors (Lipinski definition) is 5. The second kappa shape index (κ2) is 9.73. The van der Waals surface area contributed by atoms with Crippen LogP contribution in [0.3, 0.4) is 0 Å². The molecule has 1 unspecified atom stereocenters. The molecule has 7 heteroatoms. The summed E-state index contributed by atoms with van der Waals surface area (Å²) in [5.74, 6) is 1.36. The van der Waals surface area contributed by atoms with Crippen molar-refractivity contribution in [3.63, 3.8) is 0 Å². The maximum atomic E-state index is 12.8. The molecule has 1 aromatic heterocycles. The summed E-state index contributed by atoms with van der Waals surface area (Å²) in [6, 6.07) is 16.8. The van der Waals surface area contributed by atoms with Gasteiger partial charge in [-0.2, -0.15) is 0 Å². The van der Waals surface area contributed by atoms with Gasteiger partial charge in [-0.25, -0.2) is 4.98 Å². The van der Waals surface area contributed by atoms with E-state index in [2.05, 4.69) is 16.4 Å². The fourth-order valence-corrected chi connectivity index (χ4v) is 4.12. The monoisotopic (exact) mass is 445 g/mol. The number of hydrogen-bond donors (Lipinski definition) is 1. The molecular formula is C26H27N3O4. The molecule has 2 heterocycles. The standard InChI is InChI=1S/C26H27N3O4/c1-17-8-10-23(24(14-17)32-3)33-26-11-9-20(16-27-26)28-25(31)15-22-21-7-5-4-6-19(21)12-13-29(22)18(2)30/h4-11,14,16,22H,12-13,15H2,1-3H3,(H,28,31). The number of nitrogens with one attached hydrogen (secondary N) is 1. The molecule has 170 valence electrons. The number of nitrogens with zero attached hydrogens (tertiary/aromatic N) is 2. The molecule has 3 aromatic rings. The van der Waals surface area contributed by atoms with Crippen LogP contribution < -0.4 is 14.8 Å². The van der Waals surface area contributed by atoms with Crippen LogP contribution in [0, 0.1) is 6.92 Å². The van der Waals surface area contributed by atoms with Crippen LogP contribution in [0.4, 0.5) is 5.69 Å². The molecule has 0 bridgehead atoms. The molecule has 0 saturated carbocycles. The summed E-state index contributed by atoms with van der Waals surface area (Å²) in [5.41, 5.74) is 3.83. The maximum absolute atomic E-state index is 12.8. The van der Waals surface area contributed by atoms with E-state index in [0.29, 0.717) is 29.6 Å². The number of methoxy groups -OCH3 is 1. The molecule has 2 aromatic carbocycles. The molecule has 1 N–H and O–H groups in total. The van der Waals surface area contributed by atoms with Crippen molar-refractivity contribution in [1.29, 1.82) is 0 Å². The van der Waals surface area contributed by atoms with Gasteiger partial charge in [0.05, 0.1) is 31.5 Å². The van der Waals surface area contributed by atoms with Crippen molar-refractivity contribution >= 4 is 17.5 Å². The number of aromatic nitrogens is 1. The van der Waals surface area contributed by atoms with Gasteiger partial charge in [0.1, 0.15) is 0 Å². The van der Waals surface area contributed by atoms with Crippen molar-refractivity contribution in [3.8, 4) is 17.4 Å². The van der Waals surface area contributed by atoms with Crippen LogP contribution in [-0.4, -0.2) is 35.4 Å². The Hall–Kier alpha value is -3.87. The van der Waals surface area contributed by atoms with Gasteiger partial charge in [0, 0.05) is 19.5 Å². The zero-order valence-electron chi connectivity index (χ0n) is 19.0. The normalized spacial score (nSPS) is 14.9. The number of amides is 2. The maximum Gasteiger partial charge on any atom is 0.226 e. The second-order valence-corrected chi connectivity index (χ2v) is 8.07. The van der Waals surface area contributed by atoms with E-state index in [1.807, 2.05) is 43.3 Å². The fourth-order valence-electron chi connectivity index (χ4n) is 4.12. The molecule has 0 aliphatic carbocycles. The number of pyridine rings is 1. The van der Waals surface area contributed by atoms with E-state index < -0.39 is 0 Å². The Morgan fingerprint density at radius 2 is 1.94 bits per heavy atom. The average Bonchev–Trinajstić information content (AvgIpc) is 2.81. The molecule has 1 aliphatic rings. The van der Waals surface area contributed by atoms with Crippen LogP contribution in [0.5, 0.6) is 17.4 Å². The topological polar surface area (TPSA) is 80.8 Å². The highest BCUT2D eigenvalue weighted by atomic mass is 16.5. The smallest absolute Gasteiger partial charge is 0.226 e. The number of aryl methyl sites for hydroxylation is 1. The van der Waals surface area contributed by atoms with Crippen LogP contribution >= 0.6 is 0 Å². The summed E-state index contributed by atoms with van der Waals surface area (Å²) in [6.45, 7) is 4.13. The van der Waals surface area contributed by atoms with Crippen molar-refractivity contribution in [1.82, 2.24) is 9.88 Å². The van der Waals surface area contributed by atoms with E-state index in [-0.39, 0.29) is 24.3 Å². The predicted molar refractivity (Wildman–Crippen MR) is 126 cm³/mol. The molecule has 0 spiro atoms. The Bertz CT molecular complexity index is 1160. The first-order valence-electron chi connectivity index (χ1n) is 10.9. The van der Waals surface area contributed by atoms with Gasteiger partial charge >= 0.3 is 0 Å². The summed E-state index contributed by atoms with van der Waals surface area (Å²) in [6.07, 6.45) is 2.52. The molecule has 0 fully saturated rings. The van der Waals surface area contributed by atoms with Gasteiger partial charge in [0.15, 0.2) is 11.5 Å². The van der Waals surface area contributed by atoms with Crippen LogP contribution in [0.2, 0.25) is 0 Å². The van der Waals surface area contributed by atoms with Gasteiger partial charge in [-0.3, -0.25) is 9.59 Å². The number of rotatable bonds is 6. The molecule has 0 saturated heterocycles. The van der Waals surface area contributed by atoms with E-state index in [0.717, 1.165) is 17.5 Å². The summed E-state index contributed by atoms with van der Waals surface area (Å²) < 4.78 is 11.2. The van der Waals surface area contributed by atoms with Crippen molar-refractivity contribution in [2.45, 2.75) is 32.7 Å². The average molecular weight is 446 g/mol. The minimum atomic E-state index is -0.281. The molecule has 33 heavy (non-hydrogen) atoms. The minimum absolute atomic E-state index is 0.0306. The van der Waals surface area contributed by atoms with E-state index in [4.69, 9.17) is 9.47 Å². The largest absolute Gasteiger partial charge is 0.493 e. The lowest BCUT2D eigenvalue weighted by atomic mass is 9.90. The Balaban J connectivity index is 1.43. The zero-order chi connectivity index (χ0) is 23.4. The van der Waals surface area contributed by atoms with Crippen molar-refractivity contribution in [2.24, 2.45) is 0 Å². The predicted octanol–water partition coefficient (Wildman–Crippen LogP) is 4.67.